The lowest BCUT2D eigenvalue weighted by atomic mass is 9.98. The number of aryl methyl sites for hydroxylation is 1. The van der Waals surface area contributed by atoms with Crippen molar-refractivity contribution in [2.45, 2.75) is 39.2 Å². The summed E-state index contributed by atoms with van der Waals surface area (Å²) in [6, 6.07) is 7.00. The van der Waals surface area contributed by atoms with Crippen molar-refractivity contribution in [3.05, 3.63) is 35.5 Å². The van der Waals surface area contributed by atoms with Gasteiger partial charge in [0.1, 0.15) is 11.0 Å². The van der Waals surface area contributed by atoms with Gasteiger partial charge in [0.05, 0.1) is 19.4 Å². The zero-order chi connectivity index (χ0) is 20.3. The van der Waals surface area contributed by atoms with Gasteiger partial charge < -0.3 is 19.7 Å². The zero-order valence-corrected chi connectivity index (χ0v) is 17.3. The summed E-state index contributed by atoms with van der Waals surface area (Å²) in [5.74, 6) is 1.11. The quantitative estimate of drug-likeness (QED) is 0.768. The lowest BCUT2D eigenvalue weighted by Gasteiger charge is -2.24. The van der Waals surface area contributed by atoms with Crippen molar-refractivity contribution in [3.8, 4) is 11.5 Å². The van der Waals surface area contributed by atoms with Crippen LogP contribution in [0.2, 0.25) is 0 Å². The van der Waals surface area contributed by atoms with Crippen LogP contribution in [0.25, 0.3) is 0 Å². The van der Waals surface area contributed by atoms with Crippen LogP contribution in [0.4, 0.5) is 5.00 Å². The van der Waals surface area contributed by atoms with Crippen molar-refractivity contribution < 1.29 is 19.1 Å². The molecule has 1 fully saturated rings. The Bertz CT molecular complexity index is 867. The van der Waals surface area contributed by atoms with E-state index in [0.717, 1.165) is 11.3 Å². The second kappa shape index (κ2) is 8.60. The van der Waals surface area contributed by atoms with E-state index in [1.54, 1.807) is 18.9 Å². The number of aromatic nitrogens is 1. The summed E-state index contributed by atoms with van der Waals surface area (Å²) in [6.07, 6.45) is 0.370. The number of anilines is 1. The summed E-state index contributed by atoms with van der Waals surface area (Å²) < 4.78 is 15.1. The van der Waals surface area contributed by atoms with E-state index >= 15 is 0 Å². The highest BCUT2D eigenvalue weighted by Gasteiger charge is 2.36. The molecule has 7 nitrogen and oxygen atoms in total. The first kappa shape index (κ1) is 20.1. The molecule has 150 valence electrons. The maximum atomic E-state index is 12.6. The Morgan fingerprint density at radius 2 is 2.18 bits per heavy atom. The summed E-state index contributed by atoms with van der Waals surface area (Å²) >= 11 is 1.23. The molecule has 2 atom stereocenters. The number of benzene rings is 1. The Kier molecular flexibility index (Phi) is 6.18. The highest BCUT2D eigenvalue weighted by molar-refractivity contribution is 7.10. The van der Waals surface area contributed by atoms with Gasteiger partial charge in [-0.05, 0) is 56.1 Å². The molecule has 2 aromatic rings. The average molecular weight is 404 g/mol. The predicted molar refractivity (Wildman–Crippen MR) is 108 cm³/mol. The second-order valence-electron chi connectivity index (χ2n) is 6.79. The molecule has 1 aliphatic heterocycles. The molecule has 8 heteroatoms. The van der Waals surface area contributed by atoms with E-state index in [2.05, 4.69) is 9.69 Å². The lowest BCUT2D eigenvalue weighted by molar-refractivity contribution is -0.134. The molecular weight excluding hydrogens is 378 g/mol. The van der Waals surface area contributed by atoms with E-state index in [0.29, 0.717) is 36.1 Å². The largest absolute Gasteiger partial charge is 0.493 e. The molecule has 1 aliphatic rings. The van der Waals surface area contributed by atoms with E-state index in [1.807, 2.05) is 38.1 Å². The van der Waals surface area contributed by atoms with Gasteiger partial charge in [-0.25, -0.2) is 0 Å². The van der Waals surface area contributed by atoms with E-state index in [4.69, 9.17) is 9.47 Å². The number of nitrogens with one attached hydrogen (secondary N) is 1. The summed E-state index contributed by atoms with van der Waals surface area (Å²) in [5, 5.41) is 3.53. The van der Waals surface area contributed by atoms with Crippen LogP contribution in [0.3, 0.4) is 0 Å². The Morgan fingerprint density at radius 1 is 1.39 bits per heavy atom. The van der Waals surface area contributed by atoms with Crippen molar-refractivity contribution >= 4 is 28.3 Å². The lowest BCUT2D eigenvalue weighted by Crippen LogP contribution is -2.42. The van der Waals surface area contributed by atoms with Crippen LogP contribution in [-0.2, 0) is 9.59 Å². The number of likely N-dealkylation sites (tertiary alicyclic amines) is 1. The highest BCUT2D eigenvalue weighted by Crippen LogP contribution is 2.35. The number of hydrogen-bond acceptors (Lipinski definition) is 6. The molecule has 2 heterocycles. The van der Waals surface area contributed by atoms with Crippen molar-refractivity contribution in [2.75, 3.05) is 25.6 Å². The first-order chi connectivity index (χ1) is 13.4. The standard InChI is InChI=1S/C20H25N3O4S/c1-5-27-17-9-14(6-7-16(17)26-4)15-10-19(24)23(11-15)13(3)20(25)21-18-8-12(2)22-28-18/h6-9,13,15H,5,10-11H2,1-4H3,(H,21,25). The summed E-state index contributed by atoms with van der Waals surface area (Å²) in [7, 11) is 1.60. The third-order valence-corrected chi connectivity index (χ3v) is 5.63. The molecule has 3 rings (SSSR count). The van der Waals surface area contributed by atoms with Gasteiger partial charge in [0, 0.05) is 18.9 Å². The first-order valence-electron chi connectivity index (χ1n) is 9.27. The van der Waals surface area contributed by atoms with E-state index < -0.39 is 6.04 Å². The minimum atomic E-state index is -0.551. The van der Waals surface area contributed by atoms with Gasteiger partial charge in [-0.2, -0.15) is 4.37 Å². The van der Waals surface area contributed by atoms with Crippen LogP contribution in [0, 0.1) is 6.92 Å². The summed E-state index contributed by atoms with van der Waals surface area (Å²) in [5.41, 5.74) is 1.86. The number of hydrogen-bond donors (Lipinski definition) is 1. The molecule has 2 unspecified atom stereocenters. The maximum absolute atomic E-state index is 12.6. The van der Waals surface area contributed by atoms with Crippen LogP contribution in [0.15, 0.2) is 24.3 Å². The molecular formula is C20H25N3O4S. The maximum Gasteiger partial charge on any atom is 0.247 e. The van der Waals surface area contributed by atoms with Crippen molar-refractivity contribution in [1.29, 1.82) is 0 Å². The number of carbonyl (C=O) groups excluding carboxylic acids is 2. The van der Waals surface area contributed by atoms with Crippen LogP contribution in [0.1, 0.15) is 37.4 Å². The van der Waals surface area contributed by atoms with Gasteiger partial charge in [0.2, 0.25) is 11.8 Å². The minimum absolute atomic E-state index is 0.0125. The normalized spacial score (nSPS) is 17.5. The molecule has 0 saturated carbocycles. The Hall–Kier alpha value is -2.61. The van der Waals surface area contributed by atoms with Gasteiger partial charge in [0.25, 0.3) is 0 Å². The third-order valence-electron chi connectivity index (χ3n) is 4.84. The SMILES string of the molecule is CCOc1cc(C2CC(=O)N(C(C)C(=O)Nc3cc(C)ns3)C2)ccc1OC. The van der Waals surface area contributed by atoms with Crippen molar-refractivity contribution in [2.24, 2.45) is 0 Å². The molecule has 2 amide bonds. The molecule has 0 radical (unpaired) electrons. The van der Waals surface area contributed by atoms with Crippen LogP contribution in [0.5, 0.6) is 11.5 Å². The molecule has 1 N–H and O–H groups in total. The number of ether oxygens (including phenoxy) is 2. The molecule has 1 saturated heterocycles. The van der Waals surface area contributed by atoms with Gasteiger partial charge in [-0.1, -0.05) is 6.07 Å². The Morgan fingerprint density at radius 3 is 2.82 bits per heavy atom. The molecule has 1 aromatic carbocycles. The Balaban J connectivity index is 1.70. The fourth-order valence-electron chi connectivity index (χ4n) is 3.33. The summed E-state index contributed by atoms with van der Waals surface area (Å²) in [4.78, 5) is 26.8. The molecule has 0 aliphatic carbocycles. The minimum Gasteiger partial charge on any atom is -0.493 e. The monoisotopic (exact) mass is 403 g/mol. The summed E-state index contributed by atoms with van der Waals surface area (Å²) in [6.45, 7) is 6.56. The van der Waals surface area contributed by atoms with Gasteiger partial charge in [0.15, 0.2) is 11.5 Å². The fourth-order valence-corrected chi connectivity index (χ4v) is 4.00. The van der Waals surface area contributed by atoms with E-state index in [9.17, 15) is 9.59 Å². The second-order valence-corrected chi connectivity index (χ2v) is 7.59. The number of nitrogens with zero attached hydrogens (tertiary/aromatic N) is 2. The first-order valence-corrected chi connectivity index (χ1v) is 10.0. The number of methoxy groups -OCH3 is 1. The molecule has 0 bridgehead atoms. The average Bonchev–Trinajstić information content (AvgIpc) is 3.26. The van der Waals surface area contributed by atoms with E-state index in [-0.39, 0.29) is 17.7 Å². The number of carbonyl (C=O) groups is 2. The molecule has 1 aromatic heterocycles. The smallest absolute Gasteiger partial charge is 0.247 e. The zero-order valence-electron chi connectivity index (χ0n) is 16.5. The van der Waals surface area contributed by atoms with E-state index in [1.165, 1.54) is 11.5 Å². The van der Waals surface area contributed by atoms with Crippen LogP contribution < -0.4 is 14.8 Å². The topological polar surface area (TPSA) is 80.8 Å². The number of rotatable bonds is 7. The molecule has 28 heavy (non-hydrogen) atoms. The van der Waals surface area contributed by atoms with Gasteiger partial charge in [-0.15, -0.1) is 0 Å². The molecule has 0 spiro atoms. The van der Waals surface area contributed by atoms with Crippen molar-refractivity contribution in [3.63, 3.8) is 0 Å². The third kappa shape index (κ3) is 4.27. The fraction of sp³-hybridized carbons (Fsp3) is 0.450. The van der Waals surface area contributed by atoms with Crippen molar-refractivity contribution in [1.82, 2.24) is 9.27 Å². The Labute approximate surface area is 168 Å². The van der Waals surface area contributed by atoms with Gasteiger partial charge in [-0.3, -0.25) is 9.59 Å². The predicted octanol–water partition coefficient (Wildman–Crippen LogP) is 3.20. The highest BCUT2D eigenvalue weighted by atomic mass is 32.1. The van der Waals surface area contributed by atoms with Gasteiger partial charge >= 0.3 is 0 Å². The number of amides is 2. The van der Waals surface area contributed by atoms with Crippen LogP contribution >= 0.6 is 11.5 Å². The van der Waals surface area contributed by atoms with Crippen LogP contribution in [-0.4, -0.2) is 47.4 Å².